The summed E-state index contributed by atoms with van der Waals surface area (Å²) in [6, 6.07) is 8.09. The first kappa shape index (κ1) is 20.7. The molecule has 3 heterocycles. The lowest BCUT2D eigenvalue weighted by molar-refractivity contribution is -0.154. The molecular weight excluding hydrogens is 416 g/mol. The van der Waals surface area contributed by atoms with Crippen molar-refractivity contribution in [1.82, 2.24) is 20.1 Å². The second kappa shape index (κ2) is 7.31. The quantitative estimate of drug-likeness (QED) is 0.434. The van der Waals surface area contributed by atoms with Crippen molar-refractivity contribution in [3.8, 4) is 34.0 Å². The van der Waals surface area contributed by atoms with Crippen molar-refractivity contribution in [2.24, 2.45) is 0 Å². The van der Waals surface area contributed by atoms with E-state index in [1.807, 2.05) is 0 Å². The summed E-state index contributed by atoms with van der Waals surface area (Å²) < 4.78 is 58.5. The summed E-state index contributed by atoms with van der Waals surface area (Å²) in [7, 11) is 0. The molecule has 4 rings (SSSR count). The number of nitrogens with one attached hydrogen (secondary N) is 1. The van der Waals surface area contributed by atoms with Crippen molar-refractivity contribution in [2.45, 2.75) is 25.6 Å². The Labute approximate surface area is 173 Å². The molecule has 0 bridgehead atoms. The fourth-order valence-corrected chi connectivity index (χ4v) is 3.00. The van der Waals surface area contributed by atoms with Crippen molar-refractivity contribution in [2.75, 3.05) is 0 Å². The van der Waals surface area contributed by atoms with Gasteiger partial charge in [0.05, 0.1) is 16.9 Å². The van der Waals surface area contributed by atoms with Crippen LogP contribution in [0.4, 0.5) is 17.6 Å². The largest absolute Gasteiger partial charge is 0.453 e. The topological polar surface area (TPSA) is 87.8 Å². The first-order chi connectivity index (χ1) is 14.5. The Balaban J connectivity index is 1.79. The monoisotopic (exact) mass is 432 g/mol. The average molecular weight is 432 g/mol. The molecule has 0 radical (unpaired) electrons. The van der Waals surface area contributed by atoms with Crippen LogP contribution in [0.15, 0.2) is 53.3 Å². The van der Waals surface area contributed by atoms with E-state index in [1.54, 1.807) is 26.0 Å². The molecule has 0 spiro atoms. The van der Waals surface area contributed by atoms with Crippen LogP contribution in [0, 0.1) is 5.82 Å². The van der Waals surface area contributed by atoms with Crippen LogP contribution in [0.3, 0.4) is 0 Å². The van der Waals surface area contributed by atoms with E-state index < -0.39 is 23.4 Å². The van der Waals surface area contributed by atoms with E-state index in [4.69, 9.17) is 0 Å². The number of benzene rings is 1. The van der Waals surface area contributed by atoms with Gasteiger partial charge in [-0.3, -0.25) is 4.98 Å². The van der Waals surface area contributed by atoms with Gasteiger partial charge in [0, 0.05) is 23.5 Å². The van der Waals surface area contributed by atoms with Crippen molar-refractivity contribution < 1.29 is 27.2 Å². The van der Waals surface area contributed by atoms with Gasteiger partial charge < -0.3 is 14.6 Å². The normalized spacial score (nSPS) is 12.4. The fraction of sp³-hybridized carbons (Fsp3) is 0.190. The van der Waals surface area contributed by atoms with E-state index in [2.05, 4.69) is 24.6 Å². The number of hydrogen-bond acceptors (Lipinski definition) is 5. The summed E-state index contributed by atoms with van der Waals surface area (Å²) in [5.74, 6) is -1.63. The number of imidazole rings is 1. The molecule has 0 saturated heterocycles. The fourth-order valence-electron chi connectivity index (χ4n) is 3.00. The minimum Gasteiger partial charge on any atom is -0.386 e. The SMILES string of the molecule is CC(C)(O)c1ccc(-c2nc(-c3c(-c4ccc(F)cc4)noc3C(F)(F)F)c[nH]2)nc1. The lowest BCUT2D eigenvalue weighted by Gasteiger charge is -2.16. The van der Waals surface area contributed by atoms with Gasteiger partial charge in [-0.15, -0.1) is 0 Å². The van der Waals surface area contributed by atoms with Gasteiger partial charge in [-0.1, -0.05) is 11.2 Å². The summed E-state index contributed by atoms with van der Waals surface area (Å²) in [6.45, 7) is 3.21. The highest BCUT2D eigenvalue weighted by Gasteiger charge is 2.41. The number of rotatable bonds is 4. The zero-order valence-corrected chi connectivity index (χ0v) is 16.3. The molecule has 1 aromatic carbocycles. The number of alkyl halides is 3. The number of aliphatic hydroxyl groups is 1. The zero-order chi connectivity index (χ0) is 22.4. The van der Waals surface area contributed by atoms with Crippen molar-refractivity contribution in [3.05, 3.63) is 65.9 Å². The molecule has 0 aliphatic rings. The van der Waals surface area contributed by atoms with Gasteiger partial charge in [-0.05, 0) is 44.2 Å². The van der Waals surface area contributed by atoms with Crippen LogP contribution >= 0.6 is 0 Å². The van der Waals surface area contributed by atoms with Crippen LogP contribution in [0.5, 0.6) is 0 Å². The number of nitrogens with zero attached hydrogens (tertiary/aromatic N) is 3. The molecule has 0 fully saturated rings. The van der Waals surface area contributed by atoms with Gasteiger partial charge >= 0.3 is 6.18 Å². The first-order valence-corrected chi connectivity index (χ1v) is 9.12. The minimum absolute atomic E-state index is 0.0590. The molecule has 0 aliphatic carbocycles. The van der Waals surface area contributed by atoms with Crippen molar-refractivity contribution in [3.63, 3.8) is 0 Å². The molecule has 0 atom stereocenters. The Morgan fingerprint density at radius 3 is 2.29 bits per heavy atom. The molecular formula is C21H16F4N4O2. The molecule has 4 aromatic rings. The van der Waals surface area contributed by atoms with Crippen molar-refractivity contribution >= 4 is 0 Å². The standard InChI is InChI=1S/C21H16F4N4O2/c1-20(2,30)12-5-8-14(26-9-12)19-27-10-15(28-19)16-17(11-3-6-13(22)7-4-11)29-31-18(16)21(23,24)25/h3-10,30H,1-2H3,(H,27,28). The molecule has 0 saturated carbocycles. The highest BCUT2D eigenvalue weighted by molar-refractivity contribution is 5.81. The maximum absolute atomic E-state index is 13.5. The van der Waals surface area contributed by atoms with Gasteiger partial charge in [-0.2, -0.15) is 13.2 Å². The molecule has 31 heavy (non-hydrogen) atoms. The Morgan fingerprint density at radius 2 is 1.71 bits per heavy atom. The molecule has 0 unspecified atom stereocenters. The predicted molar refractivity (Wildman–Crippen MR) is 103 cm³/mol. The third kappa shape index (κ3) is 4.06. The number of aromatic amines is 1. The van der Waals surface area contributed by atoms with E-state index in [0.29, 0.717) is 11.3 Å². The summed E-state index contributed by atoms with van der Waals surface area (Å²) in [5.41, 5.74) is -0.448. The van der Waals surface area contributed by atoms with E-state index in [0.717, 1.165) is 12.1 Å². The lowest BCUT2D eigenvalue weighted by atomic mass is 10.0. The summed E-state index contributed by atoms with van der Waals surface area (Å²) in [6.07, 6.45) is -2.07. The van der Waals surface area contributed by atoms with E-state index in [1.165, 1.54) is 24.5 Å². The van der Waals surface area contributed by atoms with Gasteiger partial charge in [0.25, 0.3) is 0 Å². The summed E-state index contributed by atoms with van der Waals surface area (Å²) in [4.78, 5) is 11.3. The maximum atomic E-state index is 13.5. The van der Waals surface area contributed by atoms with Crippen molar-refractivity contribution in [1.29, 1.82) is 0 Å². The first-order valence-electron chi connectivity index (χ1n) is 9.12. The van der Waals surface area contributed by atoms with Crippen LogP contribution in [0.25, 0.3) is 34.0 Å². The third-order valence-corrected chi connectivity index (χ3v) is 4.61. The second-order valence-electron chi connectivity index (χ2n) is 7.37. The molecule has 160 valence electrons. The Hall–Kier alpha value is -3.53. The molecule has 10 heteroatoms. The van der Waals surface area contributed by atoms with Crippen LogP contribution in [-0.2, 0) is 11.8 Å². The number of halogens is 4. The maximum Gasteiger partial charge on any atom is 0.453 e. The highest BCUT2D eigenvalue weighted by atomic mass is 19.4. The summed E-state index contributed by atoms with van der Waals surface area (Å²) >= 11 is 0. The zero-order valence-electron chi connectivity index (χ0n) is 16.3. The molecule has 0 aliphatic heterocycles. The van der Waals surface area contributed by atoms with Crippen LogP contribution in [0.2, 0.25) is 0 Å². The third-order valence-electron chi connectivity index (χ3n) is 4.61. The Morgan fingerprint density at radius 1 is 1.00 bits per heavy atom. The van der Waals surface area contributed by atoms with Crippen LogP contribution in [0.1, 0.15) is 25.2 Å². The van der Waals surface area contributed by atoms with Gasteiger partial charge in [-0.25, -0.2) is 9.37 Å². The van der Waals surface area contributed by atoms with Gasteiger partial charge in [0.2, 0.25) is 5.76 Å². The highest BCUT2D eigenvalue weighted by Crippen LogP contribution is 2.42. The van der Waals surface area contributed by atoms with Crippen LogP contribution < -0.4 is 0 Å². The number of H-pyrrole nitrogens is 1. The molecule has 2 N–H and O–H groups in total. The number of aromatic nitrogens is 4. The van der Waals surface area contributed by atoms with E-state index in [9.17, 15) is 22.7 Å². The Bertz CT molecular complexity index is 1200. The minimum atomic E-state index is -4.81. The molecule has 3 aromatic heterocycles. The van der Waals surface area contributed by atoms with E-state index in [-0.39, 0.29) is 28.3 Å². The number of hydrogen-bond donors (Lipinski definition) is 2. The summed E-state index contributed by atoms with van der Waals surface area (Å²) in [5, 5.41) is 13.6. The molecule has 0 amide bonds. The van der Waals surface area contributed by atoms with Crippen LogP contribution in [-0.4, -0.2) is 25.2 Å². The Kier molecular flexibility index (Phi) is 4.89. The smallest absolute Gasteiger partial charge is 0.386 e. The predicted octanol–water partition coefficient (Wildman–Crippen LogP) is 5.18. The number of pyridine rings is 1. The average Bonchev–Trinajstić information content (AvgIpc) is 3.35. The second-order valence-corrected chi connectivity index (χ2v) is 7.37. The van der Waals surface area contributed by atoms with Gasteiger partial charge in [0.1, 0.15) is 17.2 Å². The van der Waals surface area contributed by atoms with Gasteiger partial charge in [0.15, 0.2) is 5.82 Å². The van der Waals surface area contributed by atoms with E-state index >= 15 is 0 Å². The lowest BCUT2D eigenvalue weighted by Crippen LogP contribution is -2.15. The molecule has 6 nitrogen and oxygen atoms in total.